The molecule has 1 rings (SSSR count). The normalized spacial score (nSPS) is 10.5. The molecular weight excluding hydrogens is 226 g/mol. The van der Waals surface area contributed by atoms with Crippen LogP contribution in [0.2, 0.25) is 5.02 Å². The molecule has 0 saturated heterocycles. The number of aliphatic hydroxyl groups excluding tert-OH is 1. The van der Waals surface area contributed by atoms with E-state index in [-0.39, 0.29) is 6.61 Å². The van der Waals surface area contributed by atoms with Gasteiger partial charge in [-0.25, -0.2) is 0 Å². The Bertz CT molecular complexity index is 331. The van der Waals surface area contributed by atoms with E-state index in [9.17, 15) is 0 Å². The highest BCUT2D eigenvalue weighted by molar-refractivity contribution is 6.31. The third-order valence-corrected chi connectivity index (χ3v) is 2.87. The summed E-state index contributed by atoms with van der Waals surface area (Å²) in [4.78, 5) is 2.18. The Labute approximate surface area is 102 Å². The molecule has 0 heterocycles. The number of hydrogen-bond acceptors (Lipinski definition) is 3. The van der Waals surface area contributed by atoms with Gasteiger partial charge in [-0.15, -0.1) is 0 Å². The van der Waals surface area contributed by atoms with E-state index in [0.29, 0.717) is 11.6 Å². The van der Waals surface area contributed by atoms with Crippen LogP contribution in [0.15, 0.2) is 18.2 Å². The molecule has 0 aliphatic carbocycles. The summed E-state index contributed by atoms with van der Waals surface area (Å²) in [5.74, 6) is 0. The molecule has 0 aromatic heterocycles. The minimum Gasteiger partial charge on any atom is -0.392 e. The van der Waals surface area contributed by atoms with Crippen LogP contribution >= 0.6 is 11.6 Å². The van der Waals surface area contributed by atoms with Crippen molar-refractivity contribution in [1.82, 2.24) is 0 Å². The van der Waals surface area contributed by atoms with Gasteiger partial charge in [0.1, 0.15) is 0 Å². The summed E-state index contributed by atoms with van der Waals surface area (Å²) >= 11 is 6.05. The van der Waals surface area contributed by atoms with Crippen molar-refractivity contribution in [2.24, 2.45) is 0 Å². The van der Waals surface area contributed by atoms with Crippen molar-refractivity contribution in [2.45, 2.75) is 13.5 Å². The van der Waals surface area contributed by atoms with Gasteiger partial charge in [-0.2, -0.15) is 0 Å². The second kappa shape index (κ2) is 6.74. The molecule has 16 heavy (non-hydrogen) atoms. The lowest BCUT2D eigenvalue weighted by atomic mass is 10.2. The molecule has 90 valence electrons. The monoisotopic (exact) mass is 243 g/mol. The highest BCUT2D eigenvalue weighted by atomic mass is 35.5. The Hall–Kier alpha value is -0.770. The third kappa shape index (κ3) is 3.37. The van der Waals surface area contributed by atoms with Crippen molar-refractivity contribution in [1.29, 1.82) is 0 Å². The van der Waals surface area contributed by atoms with Crippen LogP contribution < -0.4 is 4.90 Å². The number of methoxy groups -OCH3 is 1. The van der Waals surface area contributed by atoms with Crippen LogP contribution in [0.4, 0.5) is 5.69 Å². The van der Waals surface area contributed by atoms with Crippen molar-refractivity contribution < 1.29 is 9.84 Å². The van der Waals surface area contributed by atoms with Gasteiger partial charge in [0.2, 0.25) is 0 Å². The smallest absolute Gasteiger partial charge is 0.0696 e. The maximum Gasteiger partial charge on any atom is 0.0696 e. The lowest BCUT2D eigenvalue weighted by molar-refractivity contribution is 0.205. The number of benzene rings is 1. The summed E-state index contributed by atoms with van der Waals surface area (Å²) < 4.78 is 5.06. The number of anilines is 1. The molecule has 0 fully saturated rings. The van der Waals surface area contributed by atoms with Crippen molar-refractivity contribution in [3.63, 3.8) is 0 Å². The van der Waals surface area contributed by atoms with Gasteiger partial charge in [0.15, 0.2) is 0 Å². The number of halogens is 1. The minimum atomic E-state index is -0.0245. The standard InChI is InChI=1S/C12H18ClNO2/c1-3-14(6-7-16-2)11-5-4-10(9-15)12(13)8-11/h4-5,8,15H,3,6-7,9H2,1-2H3. The zero-order valence-electron chi connectivity index (χ0n) is 9.74. The van der Waals surface area contributed by atoms with Crippen molar-refractivity contribution in [2.75, 3.05) is 31.7 Å². The van der Waals surface area contributed by atoms with Gasteiger partial charge in [0, 0.05) is 30.9 Å². The number of likely N-dealkylation sites (N-methyl/N-ethyl adjacent to an activating group) is 1. The highest BCUT2D eigenvalue weighted by Gasteiger charge is 2.06. The number of rotatable bonds is 6. The van der Waals surface area contributed by atoms with Crippen LogP contribution in [0.1, 0.15) is 12.5 Å². The number of aliphatic hydroxyl groups is 1. The predicted octanol–water partition coefficient (Wildman–Crippen LogP) is 2.31. The average Bonchev–Trinajstić information content (AvgIpc) is 2.30. The van der Waals surface area contributed by atoms with Gasteiger partial charge in [0.05, 0.1) is 13.2 Å². The van der Waals surface area contributed by atoms with Gasteiger partial charge in [-0.05, 0) is 24.6 Å². The van der Waals surface area contributed by atoms with E-state index < -0.39 is 0 Å². The SMILES string of the molecule is CCN(CCOC)c1ccc(CO)c(Cl)c1. The van der Waals surface area contributed by atoms with E-state index in [1.807, 2.05) is 18.2 Å². The molecule has 0 amide bonds. The molecule has 3 nitrogen and oxygen atoms in total. The molecule has 0 atom stereocenters. The Kier molecular flexibility index (Phi) is 5.60. The maximum absolute atomic E-state index is 9.03. The summed E-state index contributed by atoms with van der Waals surface area (Å²) in [7, 11) is 1.69. The summed E-state index contributed by atoms with van der Waals surface area (Å²) in [6.07, 6.45) is 0. The largest absolute Gasteiger partial charge is 0.392 e. The van der Waals surface area contributed by atoms with Crippen LogP contribution in [0, 0.1) is 0 Å². The molecule has 0 spiro atoms. The van der Waals surface area contributed by atoms with Gasteiger partial charge in [-0.3, -0.25) is 0 Å². The second-order valence-corrected chi connectivity index (χ2v) is 3.91. The molecule has 1 aromatic rings. The predicted molar refractivity (Wildman–Crippen MR) is 67.1 cm³/mol. The molecule has 0 unspecified atom stereocenters. The first-order chi connectivity index (χ1) is 7.72. The molecule has 1 aromatic carbocycles. The zero-order chi connectivity index (χ0) is 12.0. The van der Waals surface area contributed by atoms with Crippen LogP contribution in [0.25, 0.3) is 0 Å². The van der Waals surface area contributed by atoms with Gasteiger partial charge < -0.3 is 14.7 Å². The lowest BCUT2D eigenvalue weighted by Gasteiger charge is -2.23. The summed E-state index contributed by atoms with van der Waals surface area (Å²) in [5.41, 5.74) is 1.81. The zero-order valence-corrected chi connectivity index (χ0v) is 10.5. The van der Waals surface area contributed by atoms with Crippen LogP contribution in [-0.4, -0.2) is 31.9 Å². The Morgan fingerprint density at radius 3 is 2.69 bits per heavy atom. The molecular formula is C12H18ClNO2. The average molecular weight is 244 g/mol. The Morgan fingerprint density at radius 2 is 2.19 bits per heavy atom. The van der Waals surface area contributed by atoms with Crippen LogP contribution in [0.3, 0.4) is 0 Å². The first kappa shape index (κ1) is 13.3. The summed E-state index contributed by atoms with van der Waals surface area (Å²) in [6, 6.07) is 5.70. The van der Waals surface area contributed by atoms with E-state index in [2.05, 4.69) is 11.8 Å². The Balaban J connectivity index is 2.80. The third-order valence-electron chi connectivity index (χ3n) is 2.52. The fourth-order valence-electron chi connectivity index (χ4n) is 1.53. The first-order valence-corrected chi connectivity index (χ1v) is 5.73. The van der Waals surface area contributed by atoms with E-state index in [1.165, 1.54) is 0 Å². The lowest BCUT2D eigenvalue weighted by Crippen LogP contribution is -2.26. The van der Waals surface area contributed by atoms with Crippen molar-refractivity contribution in [3.8, 4) is 0 Å². The minimum absolute atomic E-state index is 0.0245. The van der Waals surface area contributed by atoms with E-state index in [0.717, 1.165) is 24.3 Å². The van der Waals surface area contributed by atoms with Crippen molar-refractivity contribution in [3.05, 3.63) is 28.8 Å². The molecule has 0 radical (unpaired) electrons. The number of nitrogens with zero attached hydrogens (tertiary/aromatic N) is 1. The van der Waals surface area contributed by atoms with Gasteiger partial charge >= 0.3 is 0 Å². The van der Waals surface area contributed by atoms with Gasteiger partial charge in [0.25, 0.3) is 0 Å². The van der Waals surface area contributed by atoms with E-state index in [4.69, 9.17) is 21.4 Å². The highest BCUT2D eigenvalue weighted by Crippen LogP contribution is 2.23. The van der Waals surface area contributed by atoms with Crippen LogP contribution in [-0.2, 0) is 11.3 Å². The molecule has 4 heteroatoms. The first-order valence-electron chi connectivity index (χ1n) is 5.36. The van der Waals surface area contributed by atoms with E-state index >= 15 is 0 Å². The van der Waals surface area contributed by atoms with Crippen molar-refractivity contribution >= 4 is 17.3 Å². The quantitative estimate of drug-likeness (QED) is 0.832. The molecule has 0 saturated carbocycles. The molecule has 0 bridgehead atoms. The fourth-order valence-corrected chi connectivity index (χ4v) is 1.77. The summed E-state index contributed by atoms with van der Waals surface area (Å²) in [5, 5.41) is 9.64. The fraction of sp³-hybridized carbons (Fsp3) is 0.500. The molecule has 0 aliphatic rings. The topological polar surface area (TPSA) is 32.7 Å². The number of ether oxygens (including phenoxy) is 1. The van der Waals surface area contributed by atoms with E-state index in [1.54, 1.807) is 7.11 Å². The molecule has 1 N–H and O–H groups in total. The number of hydrogen-bond donors (Lipinski definition) is 1. The van der Waals surface area contributed by atoms with Gasteiger partial charge in [-0.1, -0.05) is 17.7 Å². The second-order valence-electron chi connectivity index (χ2n) is 3.51. The maximum atomic E-state index is 9.03. The summed E-state index contributed by atoms with van der Waals surface area (Å²) in [6.45, 7) is 4.49. The van der Waals surface area contributed by atoms with Crippen LogP contribution in [0.5, 0.6) is 0 Å². The molecule has 0 aliphatic heterocycles. The Morgan fingerprint density at radius 1 is 1.44 bits per heavy atom.